The van der Waals surface area contributed by atoms with E-state index in [1.54, 1.807) is 6.08 Å². The fraction of sp³-hybridized carbons (Fsp3) is 0.871. The number of unbranched alkanes of at least 4 members (excludes halogenated alkanes) is 45. The molecule has 0 aromatic carbocycles. The number of hydrogen-bond donors (Lipinski definition) is 3. The second-order valence-corrected chi connectivity index (χ2v) is 26.4. The number of hydrogen-bond acceptors (Lipinski definition) is 5. The molecular weight excluding hydrogens is 996 g/mol. The lowest BCUT2D eigenvalue weighted by molar-refractivity contribution is -0.870. The highest BCUT2D eigenvalue weighted by Crippen LogP contribution is 2.43. The molecule has 0 saturated carbocycles. The standard InChI is InChI=1S/C70H135N2O6P/c1-6-8-10-12-14-16-18-20-22-24-26-28-30-32-33-34-35-36-37-38-40-41-43-45-47-49-51-53-55-57-59-61-63-69(73)68(67-78-79(75,76)77-66-65-72(3,4)5)71-70(74)64-62-60-58-56-54-52-50-48-46-44-42-39-31-29-27-25-23-21-19-17-15-13-11-9-7-2/h19,21,25,27,31,39,61,63,68-69,73H,6-18,20,22-24,26,28-30,32-38,40-60,62,64-67H2,1-5H3,(H-,71,74,75,76)/p+1/b21-19-,27-25-,39-31-,63-61+. The van der Waals surface area contributed by atoms with Crippen LogP contribution in [-0.4, -0.2) is 73.4 Å². The summed E-state index contributed by atoms with van der Waals surface area (Å²) in [6.45, 7) is 4.85. The third kappa shape index (κ3) is 63.9. The normalized spacial score (nSPS) is 14.0. The SMILES string of the molecule is CCCCCCC/C=C\C/C=C\C/C=C\CCCCCCCCCCCCC(=O)NC(COP(=O)(O)OCC[N+](C)(C)C)C(O)/C=C/CCCCCCCCCCCCCCCCCCCCCCCCCCCCCCCC. The van der Waals surface area contributed by atoms with Crippen LogP contribution >= 0.6 is 7.82 Å². The second kappa shape index (κ2) is 61.0. The van der Waals surface area contributed by atoms with Crippen LogP contribution in [-0.2, 0) is 18.4 Å². The van der Waals surface area contributed by atoms with Gasteiger partial charge in [0.25, 0.3) is 0 Å². The second-order valence-electron chi connectivity index (χ2n) is 24.9. The number of nitrogens with zero attached hydrogens (tertiary/aromatic N) is 1. The van der Waals surface area contributed by atoms with Gasteiger partial charge in [-0.25, -0.2) is 4.57 Å². The average molecular weight is 1130 g/mol. The number of phosphoric ester groups is 1. The number of amides is 1. The van der Waals surface area contributed by atoms with Crippen LogP contribution in [0.25, 0.3) is 0 Å². The van der Waals surface area contributed by atoms with Gasteiger partial charge < -0.3 is 19.8 Å². The first kappa shape index (κ1) is 77.5. The summed E-state index contributed by atoms with van der Waals surface area (Å²) in [7, 11) is 1.58. The van der Waals surface area contributed by atoms with E-state index in [2.05, 4.69) is 55.6 Å². The van der Waals surface area contributed by atoms with E-state index < -0.39 is 20.0 Å². The van der Waals surface area contributed by atoms with Gasteiger partial charge in [-0.3, -0.25) is 13.8 Å². The van der Waals surface area contributed by atoms with Crippen molar-refractivity contribution in [1.29, 1.82) is 0 Å². The van der Waals surface area contributed by atoms with E-state index in [0.29, 0.717) is 17.4 Å². The minimum Gasteiger partial charge on any atom is -0.387 e. The molecule has 9 heteroatoms. The minimum absolute atomic E-state index is 0.0604. The van der Waals surface area contributed by atoms with Gasteiger partial charge in [0, 0.05) is 6.42 Å². The van der Waals surface area contributed by atoms with Crippen molar-refractivity contribution in [2.75, 3.05) is 40.9 Å². The predicted octanol–water partition coefficient (Wildman–Crippen LogP) is 21.8. The molecule has 466 valence electrons. The summed E-state index contributed by atoms with van der Waals surface area (Å²) in [5.41, 5.74) is 0. The summed E-state index contributed by atoms with van der Waals surface area (Å²) in [5.74, 6) is -0.177. The number of carbonyl (C=O) groups is 1. The van der Waals surface area contributed by atoms with Crippen LogP contribution in [0.3, 0.4) is 0 Å². The predicted molar refractivity (Wildman–Crippen MR) is 346 cm³/mol. The van der Waals surface area contributed by atoms with E-state index in [-0.39, 0.29) is 19.1 Å². The largest absolute Gasteiger partial charge is 0.472 e. The highest BCUT2D eigenvalue weighted by atomic mass is 31.2. The van der Waals surface area contributed by atoms with Gasteiger partial charge in [-0.1, -0.05) is 326 Å². The molecule has 0 aliphatic carbocycles. The number of likely N-dealkylation sites (N-methyl/N-ethyl adjacent to an activating group) is 1. The summed E-state index contributed by atoms with van der Waals surface area (Å²) < 4.78 is 23.8. The van der Waals surface area contributed by atoms with E-state index >= 15 is 0 Å². The van der Waals surface area contributed by atoms with Crippen molar-refractivity contribution in [3.05, 3.63) is 48.6 Å². The van der Waals surface area contributed by atoms with Gasteiger partial charge in [0.1, 0.15) is 13.2 Å². The lowest BCUT2D eigenvalue weighted by atomic mass is 10.0. The van der Waals surface area contributed by atoms with Gasteiger partial charge in [-0.15, -0.1) is 0 Å². The Bertz CT molecular complexity index is 1430. The van der Waals surface area contributed by atoms with Gasteiger partial charge in [0.2, 0.25) is 5.91 Å². The summed E-state index contributed by atoms with van der Waals surface area (Å²) in [6.07, 6.45) is 82.5. The molecule has 0 aliphatic rings. The molecule has 0 radical (unpaired) electrons. The number of aliphatic hydroxyl groups is 1. The van der Waals surface area contributed by atoms with Gasteiger partial charge in [-0.05, 0) is 57.8 Å². The Balaban J connectivity index is 4.08. The monoisotopic (exact) mass is 1130 g/mol. The third-order valence-corrected chi connectivity index (χ3v) is 16.8. The highest BCUT2D eigenvalue weighted by Gasteiger charge is 2.28. The molecule has 0 aromatic rings. The van der Waals surface area contributed by atoms with E-state index in [1.165, 1.54) is 270 Å². The number of aliphatic hydroxyl groups excluding tert-OH is 1. The van der Waals surface area contributed by atoms with Crippen molar-refractivity contribution < 1.29 is 32.9 Å². The van der Waals surface area contributed by atoms with Crippen LogP contribution in [0.2, 0.25) is 0 Å². The van der Waals surface area contributed by atoms with Crippen molar-refractivity contribution in [3.63, 3.8) is 0 Å². The number of carbonyl (C=O) groups excluding carboxylic acids is 1. The Kier molecular flexibility index (Phi) is 59.8. The molecule has 3 unspecified atom stereocenters. The van der Waals surface area contributed by atoms with Crippen molar-refractivity contribution in [2.45, 2.75) is 353 Å². The number of rotatable bonds is 64. The van der Waals surface area contributed by atoms with Crippen LogP contribution < -0.4 is 5.32 Å². The fourth-order valence-electron chi connectivity index (χ4n) is 10.4. The van der Waals surface area contributed by atoms with E-state index in [9.17, 15) is 19.4 Å². The third-order valence-electron chi connectivity index (χ3n) is 15.8. The van der Waals surface area contributed by atoms with Crippen molar-refractivity contribution in [2.24, 2.45) is 0 Å². The molecule has 8 nitrogen and oxygen atoms in total. The van der Waals surface area contributed by atoms with Crippen molar-refractivity contribution >= 4 is 13.7 Å². The van der Waals surface area contributed by atoms with Crippen molar-refractivity contribution in [1.82, 2.24) is 5.32 Å². The van der Waals surface area contributed by atoms with Crippen LogP contribution in [0.15, 0.2) is 48.6 Å². The maximum absolute atomic E-state index is 13.0. The van der Waals surface area contributed by atoms with Crippen LogP contribution in [0.5, 0.6) is 0 Å². The molecule has 1 amide bonds. The lowest BCUT2D eigenvalue weighted by Gasteiger charge is -2.25. The average Bonchev–Trinajstić information content (AvgIpc) is 3.42. The first-order chi connectivity index (χ1) is 38.5. The molecule has 0 aliphatic heterocycles. The smallest absolute Gasteiger partial charge is 0.387 e. The molecule has 0 bridgehead atoms. The maximum Gasteiger partial charge on any atom is 0.472 e. The Labute approximate surface area is 492 Å². The first-order valence-electron chi connectivity index (χ1n) is 34.5. The Morgan fingerprint density at radius 3 is 1.05 bits per heavy atom. The fourth-order valence-corrected chi connectivity index (χ4v) is 11.1. The van der Waals surface area contributed by atoms with E-state index in [4.69, 9.17) is 9.05 Å². The van der Waals surface area contributed by atoms with E-state index in [1.807, 2.05) is 27.2 Å². The zero-order valence-corrected chi connectivity index (χ0v) is 54.3. The lowest BCUT2D eigenvalue weighted by Crippen LogP contribution is -2.45. The maximum atomic E-state index is 13.0. The molecule has 3 atom stereocenters. The Morgan fingerprint density at radius 2 is 0.722 bits per heavy atom. The summed E-state index contributed by atoms with van der Waals surface area (Å²) in [6, 6.07) is -0.852. The zero-order valence-electron chi connectivity index (χ0n) is 53.4. The topological polar surface area (TPSA) is 105 Å². The molecule has 0 rings (SSSR count). The Hall–Kier alpha value is -1.54. The molecule has 0 spiro atoms. The van der Waals surface area contributed by atoms with Gasteiger partial charge in [-0.2, -0.15) is 0 Å². The molecule has 0 saturated heterocycles. The van der Waals surface area contributed by atoms with Crippen molar-refractivity contribution in [3.8, 4) is 0 Å². The Morgan fingerprint density at radius 1 is 0.430 bits per heavy atom. The number of quaternary nitrogens is 1. The molecular formula is C70H136N2O6P+. The molecule has 0 aromatic heterocycles. The number of phosphoric acid groups is 1. The van der Waals surface area contributed by atoms with Crippen LogP contribution in [0.4, 0.5) is 0 Å². The zero-order chi connectivity index (χ0) is 57.7. The minimum atomic E-state index is -4.36. The van der Waals surface area contributed by atoms with Gasteiger partial charge >= 0.3 is 7.82 Å². The highest BCUT2D eigenvalue weighted by molar-refractivity contribution is 7.47. The van der Waals surface area contributed by atoms with Gasteiger partial charge in [0.05, 0.1) is 39.9 Å². The quantitative estimate of drug-likeness (QED) is 0.0243. The summed E-state index contributed by atoms with van der Waals surface area (Å²) in [5, 5.41) is 14.0. The molecule has 0 fully saturated rings. The number of nitrogens with one attached hydrogen (secondary N) is 1. The van der Waals surface area contributed by atoms with E-state index in [0.717, 1.165) is 51.4 Å². The molecule has 0 heterocycles. The number of allylic oxidation sites excluding steroid dienone is 7. The summed E-state index contributed by atoms with van der Waals surface area (Å²) >= 11 is 0. The van der Waals surface area contributed by atoms with Gasteiger partial charge in [0.15, 0.2) is 0 Å². The first-order valence-corrected chi connectivity index (χ1v) is 36.0. The van der Waals surface area contributed by atoms with Crippen LogP contribution in [0, 0.1) is 0 Å². The summed E-state index contributed by atoms with van der Waals surface area (Å²) in [4.78, 5) is 23.4. The molecule has 79 heavy (non-hydrogen) atoms. The molecule has 3 N–H and O–H groups in total. The van der Waals surface area contributed by atoms with Crippen LogP contribution in [0.1, 0.15) is 341 Å².